The molecule has 2 aromatic rings. The van der Waals surface area contributed by atoms with E-state index in [-0.39, 0.29) is 22.7 Å². The first kappa shape index (κ1) is 16.8. The molecular weight excluding hydrogens is 352 g/mol. The molecule has 0 unspecified atom stereocenters. The van der Waals surface area contributed by atoms with Gasteiger partial charge in [-0.3, -0.25) is 14.6 Å². The predicted molar refractivity (Wildman–Crippen MR) is 101 cm³/mol. The Labute approximate surface area is 155 Å². The minimum absolute atomic E-state index is 0.0431. The number of aromatic nitrogens is 2. The molecule has 7 heteroatoms. The molecule has 6 nitrogen and oxygen atoms in total. The highest BCUT2D eigenvalue weighted by atomic mass is 35.5. The van der Waals surface area contributed by atoms with Gasteiger partial charge in [-0.15, -0.1) is 0 Å². The van der Waals surface area contributed by atoms with Crippen molar-refractivity contribution in [2.75, 3.05) is 11.1 Å². The number of carbonyl (C=O) groups excluding carboxylic acids is 1. The van der Waals surface area contributed by atoms with E-state index in [2.05, 4.69) is 29.1 Å². The van der Waals surface area contributed by atoms with Crippen molar-refractivity contribution in [2.45, 2.75) is 32.6 Å². The second-order valence-electron chi connectivity index (χ2n) is 7.66. The summed E-state index contributed by atoms with van der Waals surface area (Å²) in [6, 6.07) is 7.20. The van der Waals surface area contributed by atoms with Gasteiger partial charge in [0.2, 0.25) is 5.95 Å². The summed E-state index contributed by atoms with van der Waals surface area (Å²) >= 11 is 6.02. The predicted octanol–water partition coefficient (Wildman–Crippen LogP) is 3.21. The number of halogens is 1. The summed E-state index contributed by atoms with van der Waals surface area (Å²) in [5.74, 6) is 0.0153. The number of fused-ring (bicyclic) bond motifs is 1. The van der Waals surface area contributed by atoms with Crippen LogP contribution in [0.25, 0.3) is 0 Å². The number of aromatic amines is 1. The van der Waals surface area contributed by atoms with Crippen LogP contribution in [-0.4, -0.2) is 15.8 Å². The molecule has 1 atom stereocenters. The first-order valence-electron chi connectivity index (χ1n) is 8.43. The number of nitrogens with two attached hydrogens (primary N) is 1. The summed E-state index contributed by atoms with van der Waals surface area (Å²) in [6.45, 7) is 4.12. The second-order valence-corrected chi connectivity index (χ2v) is 8.09. The van der Waals surface area contributed by atoms with E-state index in [9.17, 15) is 9.59 Å². The number of carbonyl (C=O) groups is 1. The van der Waals surface area contributed by atoms with Crippen LogP contribution in [0.1, 0.15) is 43.7 Å². The molecule has 1 aromatic heterocycles. The Bertz CT molecular complexity index is 1010. The summed E-state index contributed by atoms with van der Waals surface area (Å²) in [6.07, 6.45) is 1.14. The molecule has 0 spiro atoms. The molecule has 0 bridgehead atoms. The fraction of sp³-hybridized carbons (Fsp3) is 0.316. The van der Waals surface area contributed by atoms with Crippen molar-refractivity contribution in [3.05, 3.63) is 62.0 Å². The lowest BCUT2D eigenvalue weighted by Crippen LogP contribution is -2.37. The van der Waals surface area contributed by atoms with E-state index in [4.69, 9.17) is 17.3 Å². The van der Waals surface area contributed by atoms with Gasteiger partial charge in [-0.25, -0.2) is 0 Å². The first-order valence-corrected chi connectivity index (χ1v) is 8.81. The van der Waals surface area contributed by atoms with Gasteiger partial charge in [0.05, 0.1) is 5.56 Å². The quantitative estimate of drug-likeness (QED) is 0.715. The van der Waals surface area contributed by atoms with Gasteiger partial charge in [-0.1, -0.05) is 37.6 Å². The Hall–Kier alpha value is -2.60. The lowest BCUT2D eigenvalue weighted by molar-refractivity contribution is -0.118. The lowest BCUT2D eigenvalue weighted by atomic mass is 9.69. The number of hydrogen-bond donors (Lipinski definition) is 3. The molecule has 4 rings (SSSR count). The van der Waals surface area contributed by atoms with Crippen LogP contribution in [0.3, 0.4) is 0 Å². The standard InChI is InChI=1S/C19H19ClN4O2/c1-19(2)7-11-14(12(25)8-19)13(9-3-5-10(20)6-4-9)15-16(22-11)23-18(21)24-17(15)26/h3-6,13H,7-8H2,1-2H3,(H4,21,22,23,24,26)/t13-/m0/s1. The molecule has 1 aromatic carbocycles. The van der Waals surface area contributed by atoms with E-state index >= 15 is 0 Å². The molecule has 1 aliphatic heterocycles. The number of rotatable bonds is 1. The Balaban J connectivity index is 1.99. The van der Waals surface area contributed by atoms with E-state index in [0.29, 0.717) is 34.8 Å². The molecule has 26 heavy (non-hydrogen) atoms. The molecule has 4 N–H and O–H groups in total. The van der Waals surface area contributed by atoms with Crippen molar-refractivity contribution >= 4 is 29.2 Å². The molecule has 134 valence electrons. The number of nitrogens with zero attached hydrogens (tertiary/aromatic N) is 1. The summed E-state index contributed by atoms with van der Waals surface area (Å²) in [4.78, 5) is 32.5. The van der Waals surface area contributed by atoms with Crippen LogP contribution >= 0.6 is 11.6 Å². The zero-order chi connectivity index (χ0) is 18.6. The van der Waals surface area contributed by atoms with E-state index in [1.54, 1.807) is 12.1 Å². The Morgan fingerprint density at radius 2 is 1.88 bits per heavy atom. The van der Waals surface area contributed by atoms with Crippen LogP contribution in [0.2, 0.25) is 5.02 Å². The van der Waals surface area contributed by atoms with Crippen molar-refractivity contribution in [3.63, 3.8) is 0 Å². The number of H-pyrrole nitrogens is 1. The average molecular weight is 371 g/mol. The van der Waals surface area contributed by atoms with Gasteiger partial charge in [-0.2, -0.15) is 4.98 Å². The third kappa shape index (κ3) is 2.70. The number of ketones is 1. The monoisotopic (exact) mass is 370 g/mol. The molecule has 0 amide bonds. The largest absolute Gasteiger partial charge is 0.369 e. The maximum absolute atomic E-state index is 13.0. The summed E-state index contributed by atoms with van der Waals surface area (Å²) < 4.78 is 0. The molecule has 0 fully saturated rings. The van der Waals surface area contributed by atoms with Gasteiger partial charge in [-0.05, 0) is 29.5 Å². The maximum Gasteiger partial charge on any atom is 0.258 e. The van der Waals surface area contributed by atoms with Crippen molar-refractivity contribution < 1.29 is 4.79 Å². The molecule has 0 saturated heterocycles. The third-order valence-corrected chi connectivity index (χ3v) is 5.20. The van der Waals surface area contributed by atoms with Crippen LogP contribution in [-0.2, 0) is 4.79 Å². The van der Waals surface area contributed by atoms with E-state index in [1.807, 2.05) is 12.1 Å². The summed E-state index contributed by atoms with van der Waals surface area (Å²) in [7, 11) is 0. The van der Waals surface area contributed by atoms with Gasteiger partial charge in [0.1, 0.15) is 5.82 Å². The van der Waals surface area contributed by atoms with Crippen LogP contribution in [0.15, 0.2) is 40.3 Å². The second kappa shape index (κ2) is 5.71. The number of hydrogen-bond acceptors (Lipinski definition) is 5. The van der Waals surface area contributed by atoms with Crippen molar-refractivity contribution in [2.24, 2.45) is 5.41 Å². The van der Waals surface area contributed by atoms with Gasteiger partial charge >= 0.3 is 0 Å². The van der Waals surface area contributed by atoms with Crippen LogP contribution in [0.4, 0.5) is 11.8 Å². The zero-order valence-electron chi connectivity index (χ0n) is 14.5. The van der Waals surface area contributed by atoms with Crippen LogP contribution in [0, 0.1) is 5.41 Å². The minimum atomic E-state index is -0.487. The Morgan fingerprint density at radius 1 is 1.19 bits per heavy atom. The van der Waals surface area contributed by atoms with E-state index in [0.717, 1.165) is 11.3 Å². The normalized spacial score (nSPS) is 21.0. The van der Waals surface area contributed by atoms with Crippen molar-refractivity contribution in [3.8, 4) is 0 Å². The molecule has 0 saturated carbocycles. The van der Waals surface area contributed by atoms with Gasteiger partial charge in [0.25, 0.3) is 5.56 Å². The number of allylic oxidation sites excluding steroid dienone is 2. The average Bonchev–Trinajstić information content (AvgIpc) is 2.52. The minimum Gasteiger partial charge on any atom is -0.369 e. The van der Waals surface area contributed by atoms with Gasteiger partial charge in [0.15, 0.2) is 5.78 Å². The fourth-order valence-corrected chi connectivity index (χ4v) is 4.05. The highest BCUT2D eigenvalue weighted by Gasteiger charge is 2.42. The molecule has 2 aliphatic rings. The third-order valence-electron chi connectivity index (χ3n) is 4.94. The van der Waals surface area contributed by atoms with Crippen molar-refractivity contribution in [1.29, 1.82) is 0 Å². The Kier molecular flexibility index (Phi) is 3.70. The topological polar surface area (TPSA) is 101 Å². The van der Waals surface area contributed by atoms with Gasteiger partial charge in [0, 0.05) is 28.6 Å². The highest BCUT2D eigenvalue weighted by Crippen LogP contribution is 2.47. The molecule has 0 radical (unpaired) electrons. The zero-order valence-corrected chi connectivity index (χ0v) is 15.3. The first-order chi connectivity index (χ1) is 12.2. The maximum atomic E-state index is 13.0. The number of Topliss-reactive ketones (excluding diaryl/α,β-unsaturated/α-hetero) is 1. The Morgan fingerprint density at radius 3 is 2.58 bits per heavy atom. The van der Waals surface area contributed by atoms with Gasteiger partial charge < -0.3 is 11.1 Å². The molecule has 2 heterocycles. The summed E-state index contributed by atoms with van der Waals surface area (Å²) in [5.41, 5.74) is 7.92. The van der Waals surface area contributed by atoms with Crippen LogP contribution < -0.4 is 16.6 Å². The summed E-state index contributed by atoms with van der Waals surface area (Å²) in [5, 5.41) is 3.79. The van der Waals surface area contributed by atoms with Crippen LogP contribution in [0.5, 0.6) is 0 Å². The smallest absolute Gasteiger partial charge is 0.258 e. The highest BCUT2D eigenvalue weighted by molar-refractivity contribution is 6.30. The van der Waals surface area contributed by atoms with Crippen molar-refractivity contribution in [1.82, 2.24) is 9.97 Å². The number of nitrogens with one attached hydrogen (secondary N) is 2. The number of anilines is 2. The SMILES string of the molecule is CC1(C)CC(=O)C2=C(C1)Nc1nc(N)[nH]c(=O)c1[C@H]2c1ccc(Cl)cc1. The molecule has 1 aliphatic carbocycles. The van der Waals surface area contributed by atoms with E-state index in [1.165, 1.54) is 0 Å². The fourth-order valence-electron chi connectivity index (χ4n) is 3.92. The lowest BCUT2D eigenvalue weighted by Gasteiger charge is -2.38. The van der Waals surface area contributed by atoms with E-state index < -0.39 is 5.92 Å². The number of benzene rings is 1. The number of nitrogen functional groups attached to an aromatic ring is 1. The molecular formula is C19H19ClN4O2.